The van der Waals surface area contributed by atoms with Crippen LogP contribution in [0.25, 0.3) is 0 Å². The molecule has 0 saturated heterocycles. The number of aliphatic imine (C=N–C) groups is 3. The van der Waals surface area contributed by atoms with Crippen LogP contribution in [0.2, 0.25) is 0 Å². The van der Waals surface area contributed by atoms with Crippen molar-refractivity contribution in [2.75, 3.05) is 6.54 Å². The Morgan fingerprint density at radius 2 is 1.31 bits per heavy atom. The molecule has 35 heavy (non-hydrogen) atoms. The van der Waals surface area contributed by atoms with Crippen LogP contribution in [-0.4, -0.2) is 41.3 Å². The third-order valence-electron chi connectivity index (χ3n) is 5.67. The van der Waals surface area contributed by atoms with Gasteiger partial charge in [-0.15, -0.1) is 0 Å². The van der Waals surface area contributed by atoms with E-state index in [4.69, 9.17) is 0 Å². The Balaban J connectivity index is 1.35. The Kier molecular flexibility index (Phi) is 6.50. The Morgan fingerprint density at radius 3 is 1.91 bits per heavy atom. The van der Waals surface area contributed by atoms with Crippen LogP contribution in [0.15, 0.2) is 117 Å². The fourth-order valence-corrected chi connectivity index (χ4v) is 4.04. The van der Waals surface area contributed by atoms with Gasteiger partial charge in [-0.3, -0.25) is 19.8 Å². The number of nitrogens with zero attached hydrogens (tertiary/aromatic N) is 4. The van der Waals surface area contributed by atoms with E-state index in [1.807, 2.05) is 42.5 Å². The summed E-state index contributed by atoms with van der Waals surface area (Å²) in [6.07, 6.45) is 1.67. The van der Waals surface area contributed by atoms with E-state index in [0.717, 1.165) is 5.57 Å². The predicted octanol–water partition coefficient (Wildman–Crippen LogP) is 3.79. The molecule has 2 aliphatic rings. The first-order chi connectivity index (χ1) is 17.2. The molecule has 0 fully saturated rings. The number of rotatable bonds is 7. The van der Waals surface area contributed by atoms with Crippen molar-refractivity contribution in [3.63, 3.8) is 0 Å². The average molecular weight is 462 g/mol. The SMILES string of the molecule is O=C1N=C(NC(=O)c2ccccc2)N=C2N=CC(CN(Cc3ccccc3)Cc3ccccc3)=C12. The van der Waals surface area contributed by atoms with Crippen molar-refractivity contribution in [2.45, 2.75) is 13.1 Å². The molecule has 0 bridgehead atoms. The zero-order valence-corrected chi connectivity index (χ0v) is 19.0. The van der Waals surface area contributed by atoms with Gasteiger partial charge in [0.1, 0.15) is 0 Å². The topological polar surface area (TPSA) is 86.5 Å². The molecule has 0 radical (unpaired) electrons. The predicted molar refractivity (Wildman–Crippen MR) is 136 cm³/mol. The maximum absolute atomic E-state index is 12.9. The molecular formula is C28H23N5O2. The molecule has 0 aliphatic carbocycles. The smallest absolute Gasteiger partial charge is 0.284 e. The van der Waals surface area contributed by atoms with Gasteiger partial charge in [0.25, 0.3) is 11.8 Å². The lowest BCUT2D eigenvalue weighted by molar-refractivity contribution is -0.114. The van der Waals surface area contributed by atoms with Crippen molar-refractivity contribution in [3.05, 3.63) is 119 Å². The van der Waals surface area contributed by atoms with E-state index < -0.39 is 5.91 Å². The highest BCUT2D eigenvalue weighted by atomic mass is 16.2. The zero-order valence-electron chi connectivity index (χ0n) is 19.0. The summed E-state index contributed by atoms with van der Waals surface area (Å²) in [5.74, 6) is -0.604. The molecular weight excluding hydrogens is 438 g/mol. The number of carbonyl (C=O) groups excluding carboxylic acids is 2. The standard InChI is InChI=1S/C28H23N5O2/c34-26(22-14-8-3-9-15-22)31-28-30-25-24(27(35)32-28)23(16-29-25)19-33(17-20-10-4-1-5-11-20)18-21-12-6-2-7-13-21/h1-16H,17-19H2,(H,31,32,34,35). The van der Waals surface area contributed by atoms with Crippen molar-refractivity contribution >= 4 is 29.8 Å². The van der Waals surface area contributed by atoms with Crippen LogP contribution in [0.1, 0.15) is 21.5 Å². The molecule has 5 rings (SSSR count). The Bertz CT molecular complexity index is 1320. The van der Waals surface area contributed by atoms with E-state index >= 15 is 0 Å². The summed E-state index contributed by atoms with van der Waals surface area (Å²) in [5, 5.41) is 2.59. The van der Waals surface area contributed by atoms with Crippen molar-refractivity contribution in [2.24, 2.45) is 15.0 Å². The number of guanidine groups is 1. The van der Waals surface area contributed by atoms with Crippen LogP contribution in [0, 0.1) is 0 Å². The number of carbonyl (C=O) groups is 2. The average Bonchev–Trinajstić information content (AvgIpc) is 3.28. The first-order valence-corrected chi connectivity index (χ1v) is 11.3. The molecule has 172 valence electrons. The highest BCUT2D eigenvalue weighted by Crippen LogP contribution is 2.21. The van der Waals surface area contributed by atoms with Crippen LogP contribution in [0.4, 0.5) is 0 Å². The fraction of sp³-hybridized carbons (Fsp3) is 0.107. The van der Waals surface area contributed by atoms with E-state index in [-0.39, 0.29) is 17.7 Å². The molecule has 2 amide bonds. The molecule has 3 aromatic carbocycles. The summed E-state index contributed by atoms with van der Waals surface area (Å²) in [5.41, 5.74) is 3.96. The van der Waals surface area contributed by atoms with Crippen LogP contribution in [-0.2, 0) is 17.9 Å². The second kappa shape index (κ2) is 10.2. The number of amidine groups is 1. The van der Waals surface area contributed by atoms with Gasteiger partial charge in [0.15, 0.2) is 5.84 Å². The number of nitrogens with one attached hydrogen (secondary N) is 1. The molecule has 2 heterocycles. The molecule has 3 aromatic rings. The monoisotopic (exact) mass is 461 g/mol. The van der Waals surface area contributed by atoms with Crippen molar-refractivity contribution in [1.82, 2.24) is 10.2 Å². The van der Waals surface area contributed by atoms with E-state index in [2.05, 4.69) is 49.5 Å². The number of hydrogen-bond acceptors (Lipinski definition) is 5. The first kappa shape index (κ1) is 22.3. The summed E-state index contributed by atoms with van der Waals surface area (Å²) in [7, 11) is 0. The first-order valence-electron chi connectivity index (χ1n) is 11.3. The van der Waals surface area contributed by atoms with Crippen LogP contribution < -0.4 is 5.32 Å². The zero-order chi connectivity index (χ0) is 24.0. The van der Waals surface area contributed by atoms with E-state index in [0.29, 0.717) is 30.8 Å². The summed E-state index contributed by atoms with van der Waals surface area (Å²) in [6, 6.07) is 29.1. The summed E-state index contributed by atoms with van der Waals surface area (Å²) >= 11 is 0. The fourth-order valence-electron chi connectivity index (χ4n) is 4.04. The number of amides is 2. The second-order valence-electron chi connectivity index (χ2n) is 8.27. The molecule has 0 saturated carbocycles. The lowest BCUT2D eigenvalue weighted by atomic mass is 10.1. The third kappa shape index (κ3) is 5.37. The maximum atomic E-state index is 12.9. The van der Waals surface area contributed by atoms with Gasteiger partial charge in [-0.1, -0.05) is 78.9 Å². The van der Waals surface area contributed by atoms with E-state index in [1.54, 1.807) is 30.5 Å². The lowest BCUT2D eigenvalue weighted by Crippen LogP contribution is -2.34. The number of fused-ring (bicyclic) bond motifs is 1. The molecule has 0 atom stereocenters. The van der Waals surface area contributed by atoms with Gasteiger partial charge >= 0.3 is 0 Å². The highest BCUT2D eigenvalue weighted by molar-refractivity contribution is 6.35. The lowest BCUT2D eigenvalue weighted by Gasteiger charge is -2.23. The molecule has 1 N–H and O–H groups in total. The van der Waals surface area contributed by atoms with Crippen molar-refractivity contribution < 1.29 is 9.59 Å². The van der Waals surface area contributed by atoms with Gasteiger partial charge in [-0.05, 0) is 23.3 Å². The van der Waals surface area contributed by atoms with Crippen LogP contribution in [0.5, 0.6) is 0 Å². The second-order valence-corrected chi connectivity index (χ2v) is 8.27. The molecule has 0 unspecified atom stereocenters. The van der Waals surface area contributed by atoms with E-state index in [9.17, 15) is 9.59 Å². The Hall–Kier alpha value is -4.49. The summed E-state index contributed by atoms with van der Waals surface area (Å²) < 4.78 is 0. The third-order valence-corrected chi connectivity index (χ3v) is 5.67. The molecule has 0 aromatic heterocycles. The molecule has 7 nitrogen and oxygen atoms in total. The summed E-state index contributed by atoms with van der Waals surface area (Å²) in [4.78, 5) is 40.3. The van der Waals surface area contributed by atoms with Crippen molar-refractivity contribution in [1.29, 1.82) is 0 Å². The van der Waals surface area contributed by atoms with Gasteiger partial charge in [0.2, 0.25) is 5.96 Å². The normalized spacial score (nSPS) is 14.6. The minimum atomic E-state index is -0.453. The largest absolute Gasteiger partial charge is 0.290 e. The summed E-state index contributed by atoms with van der Waals surface area (Å²) in [6.45, 7) is 1.93. The van der Waals surface area contributed by atoms with Gasteiger partial charge in [0, 0.05) is 37.0 Å². The van der Waals surface area contributed by atoms with Gasteiger partial charge < -0.3 is 0 Å². The molecule has 0 spiro atoms. The molecule has 7 heteroatoms. The Morgan fingerprint density at radius 1 is 0.743 bits per heavy atom. The van der Waals surface area contributed by atoms with Crippen molar-refractivity contribution in [3.8, 4) is 0 Å². The van der Waals surface area contributed by atoms with Crippen LogP contribution in [0.3, 0.4) is 0 Å². The van der Waals surface area contributed by atoms with Gasteiger partial charge in [-0.2, -0.15) is 9.98 Å². The minimum absolute atomic E-state index is 0.0496. The van der Waals surface area contributed by atoms with Crippen LogP contribution >= 0.6 is 0 Å². The van der Waals surface area contributed by atoms with E-state index in [1.165, 1.54) is 11.1 Å². The van der Waals surface area contributed by atoms with Gasteiger partial charge in [0.05, 0.1) is 5.57 Å². The quantitative estimate of drug-likeness (QED) is 0.581. The Labute approximate surface area is 203 Å². The highest BCUT2D eigenvalue weighted by Gasteiger charge is 2.30. The minimum Gasteiger partial charge on any atom is -0.290 e. The molecule has 2 aliphatic heterocycles. The van der Waals surface area contributed by atoms with Gasteiger partial charge in [-0.25, -0.2) is 4.99 Å². The number of benzene rings is 3. The maximum Gasteiger partial charge on any atom is 0.284 e. The number of hydrogen-bond donors (Lipinski definition) is 1.